The number of carbonyl (C=O) groups excluding carboxylic acids is 1. The molecule has 0 fully saturated rings. The van der Waals surface area contributed by atoms with Crippen molar-refractivity contribution in [2.24, 2.45) is 5.92 Å². The molecule has 4 heteroatoms. The van der Waals surface area contributed by atoms with Crippen LogP contribution in [-0.4, -0.2) is 26.5 Å². The molecule has 18 heavy (non-hydrogen) atoms. The second kappa shape index (κ2) is 7.09. The molecule has 1 aromatic carbocycles. The fraction of sp³-hybridized carbons (Fsp3) is 0.500. The quantitative estimate of drug-likeness (QED) is 0.568. The summed E-state index contributed by atoms with van der Waals surface area (Å²) in [5, 5.41) is 0. The zero-order chi connectivity index (χ0) is 13.5. The summed E-state index contributed by atoms with van der Waals surface area (Å²) in [5.74, 6) is 0.735. The van der Waals surface area contributed by atoms with E-state index in [0.717, 1.165) is 6.32 Å². The van der Waals surface area contributed by atoms with E-state index in [2.05, 4.69) is 7.85 Å². The first-order valence-corrected chi connectivity index (χ1v) is 6.45. The van der Waals surface area contributed by atoms with Gasteiger partial charge < -0.3 is 9.47 Å². The molecule has 0 spiro atoms. The largest absolute Gasteiger partial charge is 0.479 e. The van der Waals surface area contributed by atoms with Gasteiger partial charge in [-0.15, -0.1) is 0 Å². The summed E-state index contributed by atoms with van der Waals surface area (Å²) in [6, 6.07) is 7.77. The van der Waals surface area contributed by atoms with Gasteiger partial charge in [-0.3, -0.25) is 0 Å². The van der Waals surface area contributed by atoms with Crippen LogP contribution in [0.3, 0.4) is 0 Å². The van der Waals surface area contributed by atoms with Gasteiger partial charge >= 0.3 is 5.97 Å². The third-order valence-electron chi connectivity index (χ3n) is 2.51. The molecule has 0 aliphatic carbocycles. The van der Waals surface area contributed by atoms with E-state index in [-0.39, 0.29) is 5.97 Å². The summed E-state index contributed by atoms with van der Waals surface area (Å²) in [5.41, 5.74) is 1.19. The van der Waals surface area contributed by atoms with Crippen LogP contribution in [0.5, 0.6) is 5.75 Å². The standard InChI is InChI=1S/C14H21BO3/c1-10(2)9-17-14(16)11(3)18-13-6-4-5-12(7-13)8-15/h4-7,10-11H,8-9,15H2,1-3H3/t11-/m0/s1. The molecule has 1 aromatic rings. The van der Waals surface area contributed by atoms with Crippen molar-refractivity contribution >= 4 is 13.8 Å². The Morgan fingerprint density at radius 2 is 2.06 bits per heavy atom. The van der Waals surface area contributed by atoms with E-state index in [1.54, 1.807) is 6.92 Å². The van der Waals surface area contributed by atoms with Crippen molar-refractivity contribution in [3.8, 4) is 5.75 Å². The molecule has 0 aliphatic rings. The van der Waals surface area contributed by atoms with Crippen molar-refractivity contribution < 1.29 is 14.3 Å². The number of hydrogen-bond donors (Lipinski definition) is 0. The highest BCUT2D eigenvalue weighted by molar-refractivity contribution is 6.08. The summed E-state index contributed by atoms with van der Waals surface area (Å²) >= 11 is 0. The molecule has 0 aromatic heterocycles. The number of benzene rings is 1. The van der Waals surface area contributed by atoms with Gasteiger partial charge in [-0.1, -0.05) is 37.9 Å². The topological polar surface area (TPSA) is 35.5 Å². The van der Waals surface area contributed by atoms with E-state index < -0.39 is 6.10 Å². The molecule has 1 rings (SSSR count). The zero-order valence-electron chi connectivity index (χ0n) is 11.6. The Bertz CT molecular complexity index is 390. The molecule has 0 unspecified atom stereocenters. The highest BCUT2D eigenvalue weighted by Gasteiger charge is 2.16. The average molecular weight is 248 g/mol. The lowest BCUT2D eigenvalue weighted by Gasteiger charge is -2.15. The smallest absolute Gasteiger partial charge is 0.347 e. The minimum absolute atomic E-state index is 0.314. The Hall–Kier alpha value is -1.45. The maximum atomic E-state index is 11.7. The summed E-state index contributed by atoms with van der Waals surface area (Å²) in [6.07, 6.45) is 0.375. The lowest BCUT2D eigenvalue weighted by molar-refractivity contribution is -0.152. The highest BCUT2D eigenvalue weighted by Crippen LogP contribution is 2.15. The van der Waals surface area contributed by atoms with E-state index in [0.29, 0.717) is 18.3 Å². The first kappa shape index (κ1) is 14.6. The van der Waals surface area contributed by atoms with Gasteiger partial charge in [0.25, 0.3) is 0 Å². The van der Waals surface area contributed by atoms with Gasteiger partial charge in [0.1, 0.15) is 13.6 Å². The first-order valence-electron chi connectivity index (χ1n) is 6.45. The van der Waals surface area contributed by atoms with E-state index in [1.165, 1.54) is 5.56 Å². The minimum Gasteiger partial charge on any atom is -0.479 e. The van der Waals surface area contributed by atoms with Crippen molar-refractivity contribution in [2.75, 3.05) is 6.61 Å². The Morgan fingerprint density at radius 1 is 1.33 bits per heavy atom. The number of hydrogen-bond acceptors (Lipinski definition) is 3. The monoisotopic (exact) mass is 248 g/mol. The van der Waals surface area contributed by atoms with Crippen LogP contribution in [-0.2, 0) is 15.9 Å². The summed E-state index contributed by atoms with van der Waals surface area (Å²) < 4.78 is 10.7. The first-order chi connectivity index (χ1) is 8.52. The van der Waals surface area contributed by atoms with Crippen LogP contribution in [0.4, 0.5) is 0 Å². The second-order valence-electron chi connectivity index (χ2n) is 4.78. The maximum absolute atomic E-state index is 11.7. The molecule has 0 saturated heterocycles. The lowest BCUT2D eigenvalue weighted by Crippen LogP contribution is -2.27. The molecule has 0 saturated carbocycles. The lowest BCUT2D eigenvalue weighted by atomic mass is 9.97. The molecule has 0 heterocycles. The van der Waals surface area contributed by atoms with Gasteiger partial charge in [0.05, 0.1) is 6.61 Å². The number of ether oxygens (including phenoxy) is 2. The van der Waals surface area contributed by atoms with Crippen LogP contribution in [0.15, 0.2) is 24.3 Å². The molecule has 0 aliphatic heterocycles. The number of rotatable bonds is 6. The third kappa shape index (κ3) is 4.82. The molecule has 0 N–H and O–H groups in total. The van der Waals surface area contributed by atoms with Gasteiger partial charge in [-0.25, -0.2) is 4.79 Å². The van der Waals surface area contributed by atoms with Crippen molar-refractivity contribution in [1.82, 2.24) is 0 Å². The van der Waals surface area contributed by atoms with Crippen LogP contribution in [0.25, 0.3) is 0 Å². The third-order valence-corrected chi connectivity index (χ3v) is 2.51. The van der Waals surface area contributed by atoms with Gasteiger partial charge in [-0.2, -0.15) is 0 Å². The average Bonchev–Trinajstić information content (AvgIpc) is 2.36. The van der Waals surface area contributed by atoms with Gasteiger partial charge in [-0.05, 0) is 25.0 Å². The van der Waals surface area contributed by atoms with E-state index in [4.69, 9.17) is 9.47 Å². The normalized spacial score (nSPS) is 12.2. The number of carbonyl (C=O) groups is 1. The molecule has 3 nitrogen and oxygen atoms in total. The highest BCUT2D eigenvalue weighted by atomic mass is 16.6. The molecule has 0 bridgehead atoms. The predicted molar refractivity (Wildman–Crippen MR) is 74.6 cm³/mol. The van der Waals surface area contributed by atoms with Crippen LogP contribution in [0.1, 0.15) is 26.3 Å². The fourth-order valence-corrected chi connectivity index (χ4v) is 1.46. The summed E-state index contributed by atoms with van der Waals surface area (Å²) in [6.45, 7) is 6.15. The van der Waals surface area contributed by atoms with Crippen molar-refractivity contribution in [3.63, 3.8) is 0 Å². The maximum Gasteiger partial charge on any atom is 0.347 e. The molecule has 1 atom stereocenters. The molecule has 0 radical (unpaired) electrons. The minimum atomic E-state index is -0.573. The molecule has 98 valence electrons. The Kier molecular flexibility index (Phi) is 5.76. The van der Waals surface area contributed by atoms with E-state index in [1.807, 2.05) is 38.1 Å². The van der Waals surface area contributed by atoms with Gasteiger partial charge in [0, 0.05) is 0 Å². The van der Waals surface area contributed by atoms with Crippen LogP contribution >= 0.6 is 0 Å². The second-order valence-corrected chi connectivity index (χ2v) is 4.78. The van der Waals surface area contributed by atoms with Crippen molar-refractivity contribution in [3.05, 3.63) is 29.8 Å². The Labute approximate surface area is 110 Å². The summed E-state index contributed by atoms with van der Waals surface area (Å²) in [7, 11) is 2.08. The van der Waals surface area contributed by atoms with E-state index >= 15 is 0 Å². The molecular formula is C14H21BO3. The van der Waals surface area contributed by atoms with E-state index in [9.17, 15) is 4.79 Å². The zero-order valence-corrected chi connectivity index (χ0v) is 11.6. The van der Waals surface area contributed by atoms with Crippen LogP contribution < -0.4 is 4.74 Å². The van der Waals surface area contributed by atoms with Crippen molar-refractivity contribution in [2.45, 2.75) is 33.2 Å². The van der Waals surface area contributed by atoms with Gasteiger partial charge in [0.2, 0.25) is 0 Å². The van der Waals surface area contributed by atoms with Crippen molar-refractivity contribution in [1.29, 1.82) is 0 Å². The Balaban J connectivity index is 2.52. The Morgan fingerprint density at radius 3 is 2.67 bits per heavy atom. The molecular weight excluding hydrogens is 227 g/mol. The number of esters is 1. The summed E-state index contributed by atoms with van der Waals surface area (Å²) in [4.78, 5) is 11.7. The fourth-order valence-electron chi connectivity index (χ4n) is 1.46. The SMILES string of the molecule is BCc1cccc(O[C@@H](C)C(=O)OCC(C)C)c1. The van der Waals surface area contributed by atoms with Crippen LogP contribution in [0.2, 0.25) is 0 Å². The van der Waals surface area contributed by atoms with Crippen LogP contribution in [0, 0.1) is 5.92 Å². The van der Waals surface area contributed by atoms with Gasteiger partial charge in [0.15, 0.2) is 6.10 Å². The molecule has 0 amide bonds. The predicted octanol–water partition coefficient (Wildman–Crippen LogP) is 1.79.